The predicted octanol–water partition coefficient (Wildman–Crippen LogP) is 2.73. The molecule has 0 N–H and O–H groups in total. The first kappa shape index (κ1) is 15.2. The summed E-state index contributed by atoms with van der Waals surface area (Å²) in [6.45, 7) is 3.02. The number of pyridine rings is 1. The molecule has 0 saturated carbocycles. The fourth-order valence-corrected chi connectivity index (χ4v) is 2.66. The number of hydrogen-bond acceptors (Lipinski definition) is 3. The zero-order valence-corrected chi connectivity index (χ0v) is 13.4. The number of hydrogen-bond donors (Lipinski definition) is 0. The first-order valence-corrected chi connectivity index (χ1v) is 7.70. The Kier molecular flexibility index (Phi) is 4.37. The third-order valence-electron chi connectivity index (χ3n) is 3.87. The number of amides is 1. The van der Waals surface area contributed by atoms with E-state index in [-0.39, 0.29) is 11.8 Å². The molecule has 1 amide bonds. The summed E-state index contributed by atoms with van der Waals surface area (Å²) in [5, 5.41) is 5.26. The number of nitrogens with zero attached hydrogens (tertiary/aromatic N) is 4. The summed E-state index contributed by atoms with van der Waals surface area (Å²) in [4.78, 5) is 18.8. The first-order chi connectivity index (χ1) is 11.1. The van der Waals surface area contributed by atoms with Crippen molar-refractivity contribution in [1.82, 2.24) is 19.7 Å². The van der Waals surface area contributed by atoms with Gasteiger partial charge >= 0.3 is 0 Å². The van der Waals surface area contributed by atoms with E-state index in [2.05, 4.69) is 10.1 Å². The van der Waals surface area contributed by atoms with E-state index >= 15 is 0 Å². The molecule has 5 nitrogen and oxygen atoms in total. The van der Waals surface area contributed by atoms with E-state index < -0.39 is 0 Å². The van der Waals surface area contributed by atoms with Gasteiger partial charge in [-0.05, 0) is 18.2 Å². The van der Waals surface area contributed by atoms with E-state index in [9.17, 15) is 4.79 Å². The molecule has 3 aromatic rings. The van der Waals surface area contributed by atoms with E-state index in [1.165, 1.54) is 0 Å². The molecule has 0 aliphatic heterocycles. The number of benzene rings is 1. The number of fused-ring (bicyclic) bond motifs is 1. The van der Waals surface area contributed by atoms with Crippen LogP contribution in [0.5, 0.6) is 0 Å². The van der Waals surface area contributed by atoms with Gasteiger partial charge in [-0.3, -0.25) is 14.5 Å². The maximum absolute atomic E-state index is 12.5. The molecule has 1 unspecified atom stereocenters. The summed E-state index contributed by atoms with van der Waals surface area (Å²) >= 11 is 0. The van der Waals surface area contributed by atoms with Gasteiger partial charge in [-0.1, -0.05) is 31.2 Å². The highest BCUT2D eigenvalue weighted by Gasteiger charge is 2.18. The second-order valence-corrected chi connectivity index (χ2v) is 5.82. The molecular weight excluding hydrogens is 288 g/mol. The summed E-state index contributed by atoms with van der Waals surface area (Å²) in [5.74, 6) is -0.0317. The van der Waals surface area contributed by atoms with Gasteiger partial charge in [0.1, 0.15) is 0 Å². The monoisotopic (exact) mass is 308 g/mol. The lowest BCUT2D eigenvalue weighted by molar-refractivity contribution is -0.134. The molecule has 23 heavy (non-hydrogen) atoms. The summed E-state index contributed by atoms with van der Waals surface area (Å²) in [7, 11) is 1.82. The summed E-state index contributed by atoms with van der Waals surface area (Å²) in [5.41, 5.74) is 1.85. The van der Waals surface area contributed by atoms with Crippen molar-refractivity contribution in [3.05, 3.63) is 60.6 Å². The average molecular weight is 308 g/mol. The quantitative estimate of drug-likeness (QED) is 0.728. The maximum atomic E-state index is 12.5. The largest absolute Gasteiger partial charge is 0.340 e. The van der Waals surface area contributed by atoms with E-state index in [1.54, 1.807) is 15.8 Å². The van der Waals surface area contributed by atoms with Crippen molar-refractivity contribution in [2.24, 2.45) is 5.92 Å². The smallest absolute Gasteiger partial charge is 0.227 e. The van der Waals surface area contributed by atoms with Crippen LogP contribution in [0.15, 0.2) is 54.9 Å². The van der Waals surface area contributed by atoms with Crippen LogP contribution in [-0.4, -0.2) is 32.6 Å². The van der Waals surface area contributed by atoms with Crippen LogP contribution >= 0.6 is 0 Å². The molecule has 5 heteroatoms. The number of carbonyl (C=O) groups is 1. The van der Waals surface area contributed by atoms with Crippen molar-refractivity contribution in [2.45, 2.75) is 20.0 Å². The van der Waals surface area contributed by atoms with Gasteiger partial charge in [-0.15, -0.1) is 0 Å². The number of para-hydroxylation sites is 1. The molecule has 1 aromatic carbocycles. The molecule has 0 radical (unpaired) electrons. The fraction of sp³-hybridized carbons (Fsp3) is 0.278. The predicted molar refractivity (Wildman–Crippen MR) is 89.6 cm³/mol. The highest BCUT2D eigenvalue weighted by atomic mass is 16.2. The van der Waals surface area contributed by atoms with Crippen LogP contribution in [0.25, 0.3) is 10.9 Å². The molecule has 3 rings (SSSR count). The second kappa shape index (κ2) is 6.60. The van der Waals surface area contributed by atoms with Crippen molar-refractivity contribution < 1.29 is 4.79 Å². The van der Waals surface area contributed by atoms with E-state index in [0.29, 0.717) is 13.1 Å². The molecule has 0 bridgehead atoms. The lowest BCUT2D eigenvalue weighted by Crippen LogP contribution is -2.33. The highest BCUT2D eigenvalue weighted by Crippen LogP contribution is 2.14. The summed E-state index contributed by atoms with van der Waals surface area (Å²) < 4.78 is 1.78. The minimum Gasteiger partial charge on any atom is -0.340 e. The van der Waals surface area contributed by atoms with Crippen molar-refractivity contribution in [3.63, 3.8) is 0 Å². The SMILES string of the molecule is CC(Cn1cccn1)C(=O)N(C)Cc1ccc2ccccc2n1. The number of aromatic nitrogens is 3. The van der Waals surface area contributed by atoms with Crippen molar-refractivity contribution >= 4 is 16.8 Å². The minimum absolute atomic E-state index is 0.0930. The molecule has 0 saturated heterocycles. The van der Waals surface area contributed by atoms with Gasteiger partial charge in [0.15, 0.2) is 0 Å². The summed E-state index contributed by atoms with van der Waals surface area (Å²) in [6.07, 6.45) is 3.59. The van der Waals surface area contributed by atoms with Crippen LogP contribution in [0.1, 0.15) is 12.6 Å². The Morgan fingerprint density at radius 3 is 2.83 bits per heavy atom. The zero-order chi connectivity index (χ0) is 16.2. The Balaban J connectivity index is 1.66. The lowest BCUT2D eigenvalue weighted by atomic mass is 10.1. The Morgan fingerprint density at radius 1 is 1.22 bits per heavy atom. The van der Waals surface area contributed by atoms with E-state index in [4.69, 9.17) is 0 Å². The summed E-state index contributed by atoms with van der Waals surface area (Å²) in [6, 6.07) is 13.9. The topological polar surface area (TPSA) is 51.0 Å². The molecule has 0 spiro atoms. The third kappa shape index (κ3) is 3.56. The second-order valence-electron chi connectivity index (χ2n) is 5.82. The molecule has 0 fully saturated rings. The van der Waals surface area contributed by atoms with Crippen LogP contribution < -0.4 is 0 Å². The maximum Gasteiger partial charge on any atom is 0.227 e. The van der Waals surface area contributed by atoms with Gasteiger partial charge in [0.05, 0.1) is 30.2 Å². The van der Waals surface area contributed by atoms with Gasteiger partial charge in [-0.2, -0.15) is 5.10 Å². The van der Waals surface area contributed by atoms with Crippen LogP contribution in [0.3, 0.4) is 0 Å². The molecular formula is C18H20N4O. The minimum atomic E-state index is -0.125. The normalized spacial score (nSPS) is 12.3. The molecule has 2 heterocycles. The Hall–Kier alpha value is -2.69. The van der Waals surface area contributed by atoms with E-state index in [0.717, 1.165) is 16.6 Å². The third-order valence-corrected chi connectivity index (χ3v) is 3.87. The molecule has 0 aliphatic rings. The molecule has 118 valence electrons. The first-order valence-electron chi connectivity index (χ1n) is 7.70. The standard InChI is InChI=1S/C18H20N4O/c1-14(12-22-11-5-10-19-22)18(23)21(2)13-16-9-8-15-6-3-4-7-17(15)20-16/h3-11,14H,12-13H2,1-2H3. The van der Waals surface area contributed by atoms with Crippen LogP contribution in [0.2, 0.25) is 0 Å². The highest BCUT2D eigenvalue weighted by molar-refractivity contribution is 5.79. The lowest BCUT2D eigenvalue weighted by Gasteiger charge is -2.21. The fourth-order valence-electron chi connectivity index (χ4n) is 2.66. The van der Waals surface area contributed by atoms with Gasteiger partial charge in [0.2, 0.25) is 5.91 Å². The molecule has 0 aliphatic carbocycles. The molecule has 2 aromatic heterocycles. The average Bonchev–Trinajstić information content (AvgIpc) is 3.07. The Morgan fingerprint density at radius 2 is 2.04 bits per heavy atom. The van der Waals surface area contributed by atoms with Gasteiger partial charge in [0.25, 0.3) is 0 Å². The van der Waals surface area contributed by atoms with E-state index in [1.807, 2.05) is 62.6 Å². The van der Waals surface area contributed by atoms with Gasteiger partial charge in [0, 0.05) is 24.8 Å². The molecule has 1 atom stereocenters. The van der Waals surface area contributed by atoms with Crippen molar-refractivity contribution in [3.8, 4) is 0 Å². The van der Waals surface area contributed by atoms with Crippen LogP contribution in [0.4, 0.5) is 0 Å². The van der Waals surface area contributed by atoms with Gasteiger partial charge in [-0.25, -0.2) is 0 Å². The zero-order valence-electron chi connectivity index (χ0n) is 13.4. The van der Waals surface area contributed by atoms with Gasteiger partial charge < -0.3 is 4.90 Å². The van der Waals surface area contributed by atoms with Crippen molar-refractivity contribution in [2.75, 3.05) is 7.05 Å². The Labute approximate surface area is 135 Å². The Bertz CT molecular complexity index is 798. The van der Waals surface area contributed by atoms with Crippen LogP contribution in [-0.2, 0) is 17.9 Å². The van der Waals surface area contributed by atoms with Crippen LogP contribution in [0, 0.1) is 5.92 Å². The number of rotatable bonds is 5. The van der Waals surface area contributed by atoms with Crippen molar-refractivity contribution in [1.29, 1.82) is 0 Å². The number of carbonyl (C=O) groups excluding carboxylic acids is 1.